The molecule has 1 amide bonds. The minimum absolute atomic E-state index is 0.319. The van der Waals surface area contributed by atoms with E-state index in [1.165, 1.54) is 0 Å². The van der Waals surface area contributed by atoms with Crippen molar-refractivity contribution in [2.75, 3.05) is 6.54 Å². The topological polar surface area (TPSA) is 117 Å². The van der Waals surface area contributed by atoms with E-state index in [4.69, 9.17) is 26.7 Å². The predicted octanol–water partition coefficient (Wildman–Crippen LogP) is 3.62. The Morgan fingerprint density at radius 1 is 1.23 bits per heavy atom. The Hall–Kier alpha value is -3.83. The highest BCUT2D eigenvalue weighted by atomic mass is 35.5. The molecule has 2 aromatic carbocycles. The lowest BCUT2D eigenvalue weighted by Gasteiger charge is -2.09. The Bertz CT molecular complexity index is 1160. The van der Waals surface area contributed by atoms with Crippen molar-refractivity contribution in [2.24, 2.45) is 0 Å². The van der Waals surface area contributed by atoms with Crippen LogP contribution in [-0.4, -0.2) is 33.3 Å². The highest BCUT2D eigenvalue weighted by Crippen LogP contribution is 2.31. The summed E-state index contributed by atoms with van der Waals surface area (Å²) in [5.74, 6) is -0.552. The number of nitrogens with one attached hydrogen (secondary N) is 1. The Morgan fingerprint density at radius 3 is 2.53 bits per heavy atom. The van der Waals surface area contributed by atoms with Crippen molar-refractivity contribution in [1.82, 2.24) is 15.1 Å². The molecule has 0 spiro atoms. The SMILES string of the molecule is Cc1nn(-c2ccc(C#N)c(Cl)c2)c(C)c1Oc1ccc(C(=O)NCC(=O)O)cc1. The van der Waals surface area contributed by atoms with Gasteiger partial charge in [-0.1, -0.05) is 11.6 Å². The lowest BCUT2D eigenvalue weighted by Crippen LogP contribution is -2.29. The molecule has 0 saturated carbocycles. The predicted molar refractivity (Wildman–Crippen MR) is 109 cm³/mol. The van der Waals surface area contributed by atoms with Crippen molar-refractivity contribution in [3.05, 3.63) is 70.0 Å². The van der Waals surface area contributed by atoms with E-state index in [1.807, 2.05) is 13.0 Å². The van der Waals surface area contributed by atoms with E-state index in [-0.39, 0.29) is 0 Å². The average molecular weight is 425 g/mol. The number of carbonyl (C=O) groups excluding carboxylic acids is 1. The maximum atomic E-state index is 11.9. The van der Waals surface area contributed by atoms with Crippen LogP contribution in [0.5, 0.6) is 11.5 Å². The molecular formula is C21H17ClN4O4. The van der Waals surface area contributed by atoms with Gasteiger partial charge in [0.1, 0.15) is 24.1 Å². The van der Waals surface area contributed by atoms with Gasteiger partial charge in [0.25, 0.3) is 5.91 Å². The average Bonchev–Trinajstić information content (AvgIpc) is 3.00. The van der Waals surface area contributed by atoms with Crippen molar-refractivity contribution in [3.63, 3.8) is 0 Å². The van der Waals surface area contributed by atoms with Crippen molar-refractivity contribution in [3.8, 4) is 23.3 Å². The smallest absolute Gasteiger partial charge is 0.322 e. The number of carbonyl (C=O) groups is 2. The number of ether oxygens (including phenoxy) is 1. The van der Waals surface area contributed by atoms with Gasteiger partial charge in [0.15, 0.2) is 5.75 Å². The van der Waals surface area contributed by atoms with E-state index in [1.54, 1.807) is 54.1 Å². The van der Waals surface area contributed by atoms with Gasteiger partial charge in [-0.25, -0.2) is 4.68 Å². The maximum absolute atomic E-state index is 11.9. The van der Waals surface area contributed by atoms with Crippen LogP contribution in [0.2, 0.25) is 5.02 Å². The van der Waals surface area contributed by atoms with E-state index in [9.17, 15) is 9.59 Å². The van der Waals surface area contributed by atoms with Gasteiger partial charge in [-0.15, -0.1) is 0 Å². The number of carboxylic acids is 1. The fourth-order valence-electron chi connectivity index (χ4n) is 2.80. The minimum atomic E-state index is -1.12. The van der Waals surface area contributed by atoms with Crippen LogP contribution < -0.4 is 10.1 Å². The minimum Gasteiger partial charge on any atom is -0.480 e. The third-order valence-corrected chi connectivity index (χ3v) is 4.59. The van der Waals surface area contributed by atoms with Crippen LogP contribution in [0.15, 0.2) is 42.5 Å². The molecule has 0 bridgehead atoms. The first kappa shape index (κ1) is 20.9. The van der Waals surface area contributed by atoms with Gasteiger partial charge in [-0.2, -0.15) is 10.4 Å². The molecule has 30 heavy (non-hydrogen) atoms. The van der Waals surface area contributed by atoms with Crippen molar-refractivity contribution < 1.29 is 19.4 Å². The summed E-state index contributed by atoms with van der Waals surface area (Å²) in [5, 5.41) is 24.8. The number of halogens is 1. The van der Waals surface area contributed by atoms with E-state index >= 15 is 0 Å². The molecule has 0 aliphatic heterocycles. The van der Waals surface area contributed by atoms with Gasteiger partial charge in [0.05, 0.1) is 22.0 Å². The zero-order chi connectivity index (χ0) is 21.8. The zero-order valence-electron chi connectivity index (χ0n) is 16.1. The summed E-state index contributed by atoms with van der Waals surface area (Å²) in [7, 11) is 0. The molecule has 0 fully saturated rings. The first-order valence-electron chi connectivity index (χ1n) is 8.84. The molecule has 0 aliphatic carbocycles. The summed E-state index contributed by atoms with van der Waals surface area (Å²) in [5.41, 5.74) is 2.78. The molecule has 3 rings (SSSR count). The van der Waals surface area contributed by atoms with Crippen molar-refractivity contribution in [1.29, 1.82) is 5.26 Å². The van der Waals surface area contributed by atoms with Crippen LogP contribution in [0.1, 0.15) is 27.3 Å². The molecule has 3 aromatic rings. The van der Waals surface area contributed by atoms with Crippen LogP contribution >= 0.6 is 11.6 Å². The lowest BCUT2D eigenvalue weighted by atomic mass is 10.2. The summed E-state index contributed by atoms with van der Waals surface area (Å²) in [6, 6.07) is 13.4. The molecule has 0 aliphatic rings. The normalized spacial score (nSPS) is 10.3. The van der Waals surface area contributed by atoms with Gasteiger partial charge in [-0.3, -0.25) is 9.59 Å². The summed E-state index contributed by atoms with van der Waals surface area (Å²) in [4.78, 5) is 22.4. The number of nitrogens with zero attached hydrogens (tertiary/aromatic N) is 3. The van der Waals surface area contributed by atoms with E-state index in [0.717, 1.165) is 5.69 Å². The third-order valence-electron chi connectivity index (χ3n) is 4.28. The largest absolute Gasteiger partial charge is 0.480 e. The number of aromatic nitrogens is 2. The van der Waals surface area contributed by atoms with Crippen LogP contribution in [0, 0.1) is 25.2 Å². The second-order valence-corrected chi connectivity index (χ2v) is 6.80. The highest BCUT2D eigenvalue weighted by molar-refractivity contribution is 6.31. The summed E-state index contributed by atoms with van der Waals surface area (Å²) in [6.07, 6.45) is 0. The lowest BCUT2D eigenvalue weighted by molar-refractivity contribution is -0.135. The Kier molecular flexibility index (Phi) is 6.04. The summed E-state index contributed by atoms with van der Waals surface area (Å²) >= 11 is 6.13. The molecule has 8 nitrogen and oxygen atoms in total. The van der Waals surface area contributed by atoms with Gasteiger partial charge < -0.3 is 15.2 Å². The standard InChI is InChI=1S/C21H17ClN4O4/c1-12-20(13(2)26(25-12)16-6-3-15(10-23)18(22)9-16)30-17-7-4-14(5-8-17)21(29)24-11-19(27)28/h3-9H,11H2,1-2H3,(H,24,29)(H,27,28). The molecule has 0 saturated heterocycles. The number of hydrogen-bond donors (Lipinski definition) is 2. The molecule has 1 heterocycles. The Labute approximate surface area is 177 Å². The second-order valence-electron chi connectivity index (χ2n) is 6.39. The number of hydrogen-bond acceptors (Lipinski definition) is 5. The molecule has 2 N–H and O–H groups in total. The molecule has 0 unspecified atom stereocenters. The molecular weight excluding hydrogens is 408 g/mol. The fraction of sp³-hybridized carbons (Fsp3) is 0.143. The number of carboxylic acid groups (broad SMARTS) is 1. The summed E-state index contributed by atoms with van der Waals surface area (Å²) in [6.45, 7) is 3.20. The third kappa shape index (κ3) is 4.42. The van der Waals surface area contributed by atoms with E-state index in [0.29, 0.717) is 39.0 Å². The van der Waals surface area contributed by atoms with E-state index in [2.05, 4.69) is 10.4 Å². The fourth-order valence-corrected chi connectivity index (χ4v) is 3.02. The Balaban J connectivity index is 1.81. The molecule has 0 radical (unpaired) electrons. The van der Waals surface area contributed by atoms with Gasteiger partial charge in [0, 0.05) is 5.56 Å². The van der Waals surface area contributed by atoms with Gasteiger partial charge >= 0.3 is 5.97 Å². The molecule has 1 aromatic heterocycles. The first-order chi connectivity index (χ1) is 14.3. The Morgan fingerprint density at radius 2 is 1.93 bits per heavy atom. The monoisotopic (exact) mass is 424 g/mol. The molecule has 152 valence electrons. The van der Waals surface area contributed by atoms with Gasteiger partial charge in [-0.05, 0) is 56.3 Å². The van der Waals surface area contributed by atoms with Crippen molar-refractivity contribution >= 4 is 23.5 Å². The molecule has 0 atom stereocenters. The van der Waals surface area contributed by atoms with Crippen LogP contribution in [0.3, 0.4) is 0 Å². The van der Waals surface area contributed by atoms with Gasteiger partial charge in [0.2, 0.25) is 0 Å². The number of aliphatic carboxylic acids is 1. The maximum Gasteiger partial charge on any atom is 0.322 e. The number of benzene rings is 2. The van der Waals surface area contributed by atoms with E-state index < -0.39 is 18.4 Å². The summed E-state index contributed by atoms with van der Waals surface area (Å²) < 4.78 is 7.63. The van der Waals surface area contributed by atoms with Crippen LogP contribution in [-0.2, 0) is 4.79 Å². The van der Waals surface area contributed by atoms with Crippen LogP contribution in [0.25, 0.3) is 5.69 Å². The first-order valence-corrected chi connectivity index (χ1v) is 9.22. The zero-order valence-corrected chi connectivity index (χ0v) is 16.9. The van der Waals surface area contributed by atoms with Crippen LogP contribution in [0.4, 0.5) is 0 Å². The number of nitriles is 1. The highest BCUT2D eigenvalue weighted by Gasteiger charge is 2.16. The number of amides is 1. The quantitative estimate of drug-likeness (QED) is 0.624. The van der Waals surface area contributed by atoms with Crippen molar-refractivity contribution in [2.45, 2.75) is 13.8 Å². The number of aryl methyl sites for hydroxylation is 1. The number of rotatable bonds is 6. The molecule has 9 heteroatoms. The second kappa shape index (κ2) is 8.68.